The van der Waals surface area contributed by atoms with Crippen LogP contribution in [-0.2, 0) is 22.5 Å². The Kier molecular flexibility index (Phi) is 13.7. The van der Waals surface area contributed by atoms with Gasteiger partial charge >= 0.3 is 13.4 Å². The molecule has 6 nitrogen and oxygen atoms in total. The van der Waals surface area contributed by atoms with Crippen molar-refractivity contribution in [2.24, 2.45) is 4.99 Å². The summed E-state index contributed by atoms with van der Waals surface area (Å²) >= 11 is 0. The smallest absolute Gasteiger partial charge is 0.466 e. The lowest BCUT2D eigenvalue weighted by molar-refractivity contribution is -0.143. The van der Waals surface area contributed by atoms with Gasteiger partial charge in [-0.1, -0.05) is 106 Å². The van der Waals surface area contributed by atoms with Crippen LogP contribution in [0.15, 0.2) is 143 Å². The molecule has 9 heteroatoms. The number of carbonyl (C=O) groups is 1. The largest absolute Gasteiger partial charge is 0.677 e. The van der Waals surface area contributed by atoms with Crippen LogP contribution < -0.4 is 4.90 Å². The summed E-state index contributed by atoms with van der Waals surface area (Å²) in [4.78, 5) is 19.4. The number of hydrogen-bond donors (Lipinski definition) is 0. The van der Waals surface area contributed by atoms with Crippen molar-refractivity contribution < 1.29 is 18.2 Å². The van der Waals surface area contributed by atoms with Crippen LogP contribution in [0.3, 0.4) is 0 Å². The molecule has 3 heterocycles. The zero-order chi connectivity index (χ0) is 45.8. The van der Waals surface area contributed by atoms with Gasteiger partial charge in [-0.05, 0) is 142 Å². The van der Waals surface area contributed by atoms with E-state index in [1.165, 1.54) is 15.3 Å². The van der Waals surface area contributed by atoms with Crippen molar-refractivity contribution in [1.29, 1.82) is 0 Å². The summed E-state index contributed by atoms with van der Waals surface area (Å²) in [7, 11) is -2.70. The van der Waals surface area contributed by atoms with Crippen LogP contribution in [0.25, 0.3) is 38.5 Å². The Labute approximate surface area is 383 Å². The highest BCUT2D eigenvalue weighted by Gasteiger charge is 2.32. The van der Waals surface area contributed by atoms with E-state index in [9.17, 15) is 4.79 Å². The van der Waals surface area contributed by atoms with Crippen LogP contribution in [0.4, 0.5) is 25.7 Å². The number of aliphatic imine (C=N–C) groups is 1. The van der Waals surface area contributed by atoms with Gasteiger partial charge in [0.15, 0.2) is 0 Å². The first kappa shape index (κ1) is 45.1. The van der Waals surface area contributed by atoms with E-state index in [2.05, 4.69) is 133 Å². The van der Waals surface area contributed by atoms with Crippen molar-refractivity contribution in [1.82, 2.24) is 9.05 Å². The van der Waals surface area contributed by atoms with Crippen LogP contribution in [0.1, 0.15) is 101 Å². The highest BCUT2D eigenvalue weighted by molar-refractivity contribution is 6.41. The van der Waals surface area contributed by atoms with E-state index in [0.29, 0.717) is 30.8 Å². The van der Waals surface area contributed by atoms with E-state index < -0.39 is 7.40 Å². The van der Waals surface area contributed by atoms with Crippen molar-refractivity contribution in [3.8, 4) is 11.1 Å². The summed E-state index contributed by atoms with van der Waals surface area (Å²) in [5.74, 6) is -0.129. The fourth-order valence-electron chi connectivity index (χ4n) is 10.1. The number of aromatic nitrogens is 2. The number of halogens is 2. The van der Waals surface area contributed by atoms with Crippen LogP contribution in [0, 0.1) is 13.8 Å². The van der Waals surface area contributed by atoms with Gasteiger partial charge in [0.25, 0.3) is 0 Å². The Morgan fingerprint density at radius 2 is 1.31 bits per heavy atom. The van der Waals surface area contributed by atoms with Crippen LogP contribution in [0.2, 0.25) is 0 Å². The van der Waals surface area contributed by atoms with Crippen LogP contribution >= 0.6 is 0 Å². The molecule has 0 unspecified atom stereocenters. The molecule has 0 atom stereocenters. The number of nitrogens with zero attached hydrogens (tertiary/aromatic N) is 4. The molecule has 0 spiro atoms. The number of hydrogen-bond acceptors (Lipinski definition) is 4. The van der Waals surface area contributed by atoms with Gasteiger partial charge in [-0.25, -0.2) is 0 Å². The minimum atomic E-state index is -2.70. The second kappa shape index (κ2) is 19.7. The SMILES string of the molecule is CCOC(=O)CCCCCCn1c2cc(-c3ccc(/C(=C4/N=C(C)C(CC)=C4C)c4c(C)c(CC)c(C)n4B(F)F)cc3)ccc2c2ccc(N(c3ccccc3)c3ccccc3)cc21. The van der Waals surface area contributed by atoms with Gasteiger partial charge in [0.2, 0.25) is 0 Å². The van der Waals surface area contributed by atoms with Crippen molar-refractivity contribution in [3.05, 3.63) is 166 Å². The second-order valence-electron chi connectivity index (χ2n) is 17.1. The Bertz CT molecular complexity index is 2900. The molecule has 0 bridgehead atoms. The molecular weight excluding hydrogens is 809 g/mol. The average molecular weight is 869 g/mol. The third kappa shape index (κ3) is 8.85. The Morgan fingerprint density at radius 1 is 0.692 bits per heavy atom. The van der Waals surface area contributed by atoms with Gasteiger partial charge < -0.3 is 18.7 Å². The summed E-state index contributed by atoms with van der Waals surface area (Å²) in [6.45, 7) is 15.1. The van der Waals surface area contributed by atoms with Gasteiger partial charge in [0, 0.05) is 69.0 Å². The van der Waals surface area contributed by atoms with E-state index in [-0.39, 0.29) is 5.97 Å². The molecule has 7 aromatic rings. The Balaban J connectivity index is 1.22. The number of aryl methyl sites for hydroxylation is 1. The van der Waals surface area contributed by atoms with Gasteiger partial charge in [0.05, 0.1) is 17.8 Å². The predicted molar refractivity (Wildman–Crippen MR) is 268 cm³/mol. The number of allylic oxidation sites excluding steroid dienone is 2. The van der Waals surface area contributed by atoms with E-state index in [1.54, 1.807) is 6.92 Å². The van der Waals surface area contributed by atoms with E-state index in [1.807, 2.05) is 39.8 Å². The molecule has 0 aliphatic carbocycles. The van der Waals surface area contributed by atoms with Crippen LogP contribution in [-0.4, -0.2) is 34.7 Å². The molecule has 332 valence electrons. The minimum Gasteiger partial charge on any atom is -0.466 e. The summed E-state index contributed by atoms with van der Waals surface area (Å²) in [6, 6.07) is 42.8. The van der Waals surface area contributed by atoms with Gasteiger partial charge in [0.1, 0.15) is 0 Å². The summed E-state index contributed by atoms with van der Waals surface area (Å²) in [6.07, 6.45) is 5.64. The van der Waals surface area contributed by atoms with Gasteiger partial charge in [-0.3, -0.25) is 18.4 Å². The number of ether oxygens (including phenoxy) is 1. The Hall–Kier alpha value is -6.48. The number of esters is 1. The first-order valence-corrected chi connectivity index (χ1v) is 23.3. The molecule has 0 radical (unpaired) electrons. The fraction of sp³-hybridized carbons (Fsp3) is 0.286. The number of para-hydroxylation sites is 2. The van der Waals surface area contributed by atoms with Crippen molar-refractivity contribution in [2.45, 2.75) is 100.0 Å². The van der Waals surface area contributed by atoms with E-state index in [4.69, 9.17) is 9.73 Å². The Morgan fingerprint density at radius 3 is 1.91 bits per heavy atom. The van der Waals surface area contributed by atoms with Gasteiger partial charge in [-0.2, -0.15) is 0 Å². The maximum atomic E-state index is 15.1. The molecule has 1 aliphatic rings. The van der Waals surface area contributed by atoms with E-state index in [0.717, 1.165) is 123 Å². The number of unbranched alkanes of at least 4 members (excludes halogenated alkanes) is 3. The number of benzene rings is 5. The monoisotopic (exact) mass is 868 g/mol. The van der Waals surface area contributed by atoms with Crippen molar-refractivity contribution in [2.75, 3.05) is 11.5 Å². The minimum absolute atomic E-state index is 0.129. The second-order valence-corrected chi connectivity index (χ2v) is 17.1. The normalized spacial score (nSPS) is 13.5. The number of carbonyl (C=O) groups excluding carboxylic acids is 1. The first-order chi connectivity index (χ1) is 31.6. The number of anilines is 3. The fourth-order valence-corrected chi connectivity index (χ4v) is 10.1. The highest BCUT2D eigenvalue weighted by Crippen LogP contribution is 2.43. The topological polar surface area (TPSA) is 51.8 Å². The maximum Gasteiger partial charge on any atom is 0.677 e. The molecule has 0 N–H and O–H groups in total. The molecule has 65 heavy (non-hydrogen) atoms. The zero-order valence-corrected chi connectivity index (χ0v) is 38.8. The average Bonchev–Trinajstić information content (AvgIpc) is 3.88. The third-order valence-corrected chi connectivity index (χ3v) is 13.2. The summed E-state index contributed by atoms with van der Waals surface area (Å²) in [5, 5.41) is 2.37. The molecule has 0 amide bonds. The van der Waals surface area contributed by atoms with Gasteiger partial charge in [-0.15, -0.1) is 0 Å². The standard InChI is InChI=1S/C56H59BF2N4O2/c1-8-47-37(4)55(60-39(47)6)54(56-38(5)48(9-2)40(7)63(56)57(58)59)42-28-26-41(27-29-42)43-30-32-49-50-33-31-46(62(44-21-15-13-16-22-44)45-23-17-14-18-24-45)36-52(50)61(51(49)35-43)34-20-12-11-19-25-53(64)65-10-3/h13-18,21-24,26-33,35-36H,8-12,19-20,25,34H2,1-7H3/b55-54-. The molecule has 0 saturated heterocycles. The summed E-state index contributed by atoms with van der Waals surface area (Å²) in [5.41, 5.74) is 16.1. The lowest BCUT2D eigenvalue weighted by Crippen LogP contribution is -2.18. The predicted octanol–water partition coefficient (Wildman–Crippen LogP) is 15.2. The quantitative estimate of drug-likeness (QED) is 0.0520. The zero-order valence-electron chi connectivity index (χ0n) is 38.8. The van der Waals surface area contributed by atoms with Crippen LogP contribution in [0.5, 0.6) is 0 Å². The molecule has 8 rings (SSSR count). The molecular formula is C56H59BF2N4O2. The third-order valence-electron chi connectivity index (χ3n) is 13.2. The maximum absolute atomic E-state index is 15.1. The molecule has 0 saturated carbocycles. The number of rotatable bonds is 17. The molecule has 1 aliphatic heterocycles. The molecule has 5 aromatic carbocycles. The molecule has 2 aromatic heterocycles. The van der Waals surface area contributed by atoms with E-state index >= 15 is 8.63 Å². The summed E-state index contributed by atoms with van der Waals surface area (Å²) < 4.78 is 39.0. The lowest BCUT2D eigenvalue weighted by Gasteiger charge is -2.25. The lowest BCUT2D eigenvalue weighted by atomic mass is 9.91. The van der Waals surface area contributed by atoms with Crippen molar-refractivity contribution in [3.63, 3.8) is 0 Å². The first-order valence-electron chi connectivity index (χ1n) is 23.3. The van der Waals surface area contributed by atoms with Crippen molar-refractivity contribution >= 4 is 63.5 Å². The highest BCUT2D eigenvalue weighted by atomic mass is 19.2. The molecule has 0 fully saturated rings. The number of fused-ring (bicyclic) bond motifs is 3.